The molecular weight excluding hydrogens is 250 g/mol. The number of rotatable bonds is 5. The van der Waals surface area contributed by atoms with Crippen LogP contribution >= 0.6 is 11.6 Å². The summed E-state index contributed by atoms with van der Waals surface area (Å²) in [4.78, 5) is 2.07. The van der Waals surface area contributed by atoms with Crippen molar-refractivity contribution >= 4 is 11.6 Å². The van der Waals surface area contributed by atoms with Crippen LogP contribution < -0.4 is 4.74 Å². The molecule has 3 nitrogen and oxygen atoms in total. The Kier molecular flexibility index (Phi) is 5.45. The van der Waals surface area contributed by atoms with E-state index < -0.39 is 0 Å². The van der Waals surface area contributed by atoms with Crippen LogP contribution in [0.2, 0.25) is 5.02 Å². The molecule has 0 amide bonds. The molecule has 4 heteroatoms. The van der Waals surface area contributed by atoms with Gasteiger partial charge in [-0.05, 0) is 44.6 Å². The summed E-state index contributed by atoms with van der Waals surface area (Å²) in [6.45, 7) is 4.09. The van der Waals surface area contributed by atoms with Crippen molar-refractivity contribution < 1.29 is 9.84 Å². The van der Waals surface area contributed by atoms with Gasteiger partial charge in [-0.15, -0.1) is 0 Å². The molecule has 1 aromatic carbocycles. The molecule has 0 saturated heterocycles. The lowest BCUT2D eigenvalue weighted by Crippen LogP contribution is -2.28. The molecule has 0 radical (unpaired) electrons. The number of benzene rings is 1. The lowest BCUT2D eigenvalue weighted by atomic mass is 9.92. The van der Waals surface area contributed by atoms with E-state index in [0.29, 0.717) is 0 Å². The van der Waals surface area contributed by atoms with Gasteiger partial charge in [0.2, 0.25) is 0 Å². The van der Waals surface area contributed by atoms with Crippen LogP contribution in [0.25, 0.3) is 0 Å². The molecule has 2 unspecified atom stereocenters. The fourth-order valence-corrected chi connectivity index (χ4v) is 2.44. The standard InChI is InChI=1S/C14H22ClNO2/c1-9-6-13(18-5)11(7-12(9)15)14(16(3)4)10(2)8-17/h6-7,10,14,17H,8H2,1-5H3. The van der Waals surface area contributed by atoms with Crippen LogP contribution in [-0.4, -0.2) is 37.8 Å². The molecule has 0 spiro atoms. The number of aryl methyl sites for hydroxylation is 1. The van der Waals surface area contributed by atoms with E-state index in [0.717, 1.165) is 21.9 Å². The van der Waals surface area contributed by atoms with Gasteiger partial charge in [0.05, 0.1) is 7.11 Å². The second-order valence-electron chi connectivity index (χ2n) is 4.91. The first-order valence-electron chi connectivity index (χ1n) is 6.03. The van der Waals surface area contributed by atoms with E-state index in [9.17, 15) is 5.11 Å². The summed E-state index contributed by atoms with van der Waals surface area (Å²) >= 11 is 6.20. The Hall–Kier alpha value is -0.770. The summed E-state index contributed by atoms with van der Waals surface area (Å²) in [7, 11) is 5.64. The van der Waals surface area contributed by atoms with E-state index in [1.807, 2.05) is 40.1 Å². The molecule has 1 N–H and O–H groups in total. The molecular formula is C14H22ClNO2. The van der Waals surface area contributed by atoms with Gasteiger partial charge in [0, 0.05) is 23.2 Å². The van der Waals surface area contributed by atoms with E-state index in [4.69, 9.17) is 16.3 Å². The Labute approximate surface area is 114 Å². The Bertz CT molecular complexity index is 407. The predicted molar refractivity (Wildman–Crippen MR) is 75.4 cm³/mol. The van der Waals surface area contributed by atoms with Crippen molar-refractivity contribution in [3.8, 4) is 5.75 Å². The molecule has 0 aliphatic carbocycles. The first kappa shape index (κ1) is 15.3. The molecule has 0 fully saturated rings. The normalized spacial score (nSPS) is 14.7. The van der Waals surface area contributed by atoms with Crippen LogP contribution in [0.4, 0.5) is 0 Å². The SMILES string of the molecule is COc1cc(C)c(Cl)cc1C(C(C)CO)N(C)C. The number of aliphatic hydroxyl groups is 1. The summed E-state index contributed by atoms with van der Waals surface area (Å²) < 4.78 is 5.44. The third-order valence-corrected chi connectivity index (χ3v) is 3.62. The largest absolute Gasteiger partial charge is 0.496 e. The number of methoxy groups -OCH3 is 1. The smallest absolute Gasteiger partial charge is 0.124 e. The van der Waals surface area contributed by atoms with Crippen LogP contribution in [0.15, 0.2) is 12.1 Å². The van der Waals surface area contributed by atoms with Gasteiger partial charge in [-0.25, -0.2) is 0 Å². The maximum Gasteiger partial charge on any atom is 0.124 e. The van der Waals surface area contributed by atoms with Crippen molar-refractivity contribution in [3.63, 3.8) is 0 Å². The van der Waals surface area contributed by atoms with Crippen molar-refractivity contribution in [2.75, 3.05) is 27.8 Å². The van der Waals surface area contributed by atoms with Crippen LogP contribution in [0, 0.1) is 12.8 Å². The zero-order valence-corrected chi connectivity index (χ0v) is 12.5. The Morgan fingerprint density at radius 3 is 2.44 bits per heavy atom. The maximum absolute atomic E-state index is 9.40. The molecule has 0 bridgehead atoms. The fourth-order valence-electron chi connectivity index (χ4n) is 2.27. The van der Waals surface area contributed by atoms with Crippen LogP contribution in [0.5, 0.6) is 5.75 Å². The lowest BCUT2D eigenvalue weighted by molar-refractivity contribution is 0.143. The lowest BCUT2D eigenvalue weighted by Gasteiger charge is -2.31. The van der Waals surface area contributed by atoms with Gasteiger partial charge in [-0.2, -0.15) is 0 Å². The number of hydrogen-bond acceptors (Lipinski definition) is 3. The second kappa shape index (κ2) is 6.41. The molecule has 0 heterocycles. The third-order valence-electron chi connectivity index (χ3n) is 3.21. The van der Waals surface area contributed by atoms with Gasteiger partial charge in [0.25, 0.3) is 0 Å². The quantitative estimate of drug-likeness (QED) is 0.894. The summed E-state index contributed by atoms with van der Waals surface area (Å²) in [5.41, 5.74) is 2.01. The fraction of sp³-hybridized carbons (Fsp3) is 0.571. The highest BCUT2D eigenvalue weighted by Gasteiger charge is 2.25. The van der Waals surface area contributed by atoms with E-state index in [-0.39, 0.29) is 18.6 Å². The van der Waals surface area contributed by atoms with Crippen LogP contribution in [0.3, 0.4) is 0 Å². The Morgan fingerprint density at radius 1 is 1.39 bits per heavy atom. The average molecular weight is 272 g/mol. The van der Waals surface area contributed by atoms with Gasteiger partial charge in [0.15, 0.2) is 0 Å². The Morgan fingerprint density at radius 2 is 2.00 bits per heavy atom. The van der Waals surface area contributed by atoms with Crippen molar-refractivity contribution in [1.82, 2.24) is 4.90 Å². The number of ether oxygens (including phenoxy) is 1. The van der Waals surface area contributed by atoms with Gasteiger partial charge < -0.3 is 14.7 Å². The number of aliphatic hydroxyl groups excluding tert-OH is 1. The topological polar surface area (TPSA) is 32.7 Å². The molecule has 1 rings (SSSR count). The highest BCUT2D eigenvalue weighted by molar-refractivity contribution is 6.31. The molecule has 102 valence electrons. The zero-order chi connectivity index (χ0) is 13.9. The second-order valence-corrected chi connectivity index (χ2v) is 5.32. The van der Waals surface area contributed by atoms with E-state index >= 15 is 0 Å². The van der Waals surface area contributed by atoms with Crippen LogP contribution in [-0.2, 0) is 0 Å². The first-order chi connectivity index (χ1) is 8.42. The molecule has 2 atom stereocenters. The highest BCUT2D eigenvalue weighted by atomic mass is 35.5. The van der Waals surface area contributed by atoms with E-state index in [2.05, 4.69) is 4.90 Å². The molecule has 0 saturated carbocycles. The molecule has 18 heavy (non-hydrogen) atoms. The summed E-state index contributed by atoms with van der Waals surface area (Å²) in [6, 6.07) is 3.95. The van der Waals surface area contributed by atoms with E-state index in [1.54, 1.807) is 7.11 Å². The van der Waals surface area contributed by atoms with Crippen LogP contribution in [0.1, 0.15) is 24.1 Å². The average Bonchev–Trinajstić information content (AvgIpc) is 2.32. The molecule has 0 aliphatic rings. The molecule has 0 aliphatic heterocycles. The molecule has 1 aromatic rings. The monoisotopic (exact) mass is 271 g/mol. The number of halogens is 1. The summed E-state index contributed by atoms with van der Waals surface area (Å²) in [6.07, 6.45) is 0. The van der Waals surface area contributed by atoms with Crippen molar-refractivity contribution in [3.05, 3.63) is 28.3 Å². The van der Waals surface area contributed by atoms with Gasteiger partial charge in [0.1, 0.15) is 5.75 Å². The minimum absolute atomic E-state index is 0.0723. The minimum Gasteiger partial charge on any atom is -0.496 e. The zero-order valence-electron chi connectivity index (χ0n) is 11.7. The van der Waals surface area contributed by atoms with Gasteiger partial charge in [-0.3, -0.25) is 0 Å². The maximum atomic E-state index is 9.40. The van der Waals surface area contributed by atoms with Gasteiger partial charge in [-0.1, -0.05) is 18.5 Å². The number of nitrogens with zero attached hydrogens (tertiary/aromatic N) is 1. The Balaban J connectivity index is 3.30. The minimum atomic E-state index is 0.0723. The van der Waals surface area contributed by atoms with Crippen molar-refractivity contribution in [2.45, 2.75) is 19.9 Å². The first-order valence-corrected chi connectivity index (χ1v) is 6.41. The third kappa shape index (κ3) is 3.16. The van der Waals surface area contributed by atoms with Crippen molar-refractivity contribution in [2.24, 2.45) is 5.92 Å². The van der Waals surface area contributed by atoms with Gasteiger partial charge >= 0.3 is 0 Å². The summed E-state index contributed by atoms with van der Waals surface area (Å²) in [5.74, 6) is 0.920. The van der Waals surface area contributed by atoms with E-state index in [1.165, 1.54) is 0 Å². The number of hydrogen-bond donors (Lipinski definition) is 1. The predicted octanol–water partition coefficient (Wildman–Crippen LogP) is 2.89. The summed E-state index contributed by atoms with van der Waals surface area (Å²) in [5, 5.41) is 10.1. The molecule has 0 aromatic heterocycles. The van der Waals surface area contributed by atoms with Crippen molar-refractivity contribution in [1.29, 1.82) is 0 Å². The highest BCUT2D eigenvalue weighted by Crippen LogP contribution is 2.36.